The van der Waals surface area contributed by atoms with Crippen LogP contribution in [0.2, 0.25) is 0 Å². The van der Waals surface area contributed by atoms with Gasteiger partial charge in [0.1, 0.15) is 0 Å². The lowest BCUT2D eigenvalue weighted by Gasteiger charge is -2.37. The lowest BCUT2D eigenvalue weighted by atomic mass is 9.79. The Morgan fingerprint density at radius 3 is 2.90 bits per heavy atom. The summed E-state index contributed by atoms with van der Waals surface area (Å²) >= 11 is 0. The second kappa shape index (κ2) is 7.56. The van der Waals surface area contributed by atoms with E-state index in [1.165, 1.54) is 0 Å². The molecule has 0 saturated carbocycles. The lowest BCUT2D eigenvalue weighted by molar-refractivity contribution is -0.122. The normalized spacial score (nSPS) is 17.6. The van der Waals surface area contributed by atoms with Gasteiger partial charge in [-0.3, -0.25) is 9.48 Å². The van der Waals surface area contributed by atoms with Crippen molar-refractivity contribution in [3.63, 3.8) is 0 Å². The van der Waals surface area contributed by atoms with Crippen LogP contribution < -0.4 is 10.6 Å². The van der Waals surface area contributed by atoms with E-state index in [2.05, 4.69) is 15.7 Å². The molecule has 1 aliphatic heterocycles. The van der Waals surface area contributed by atoms with E-state index in [-0.39, 0.29) is 11.3 Å². The number of hydrogen-bond acceptors (Lipinski definition) is 4. The SMILES string of the molecule is COCC1(CNC(=O)CCn2cc(C)cn2)CCNCC1. The Bertz CT molecular complexity index is 447. The van der Waals surface area contributed by atoms with Crippen molar-refractivity contribution < 1.29 is 9.53 Å². The van der Waals surface area contributed by atoms with Crippen molar-refractivity contribution in [1.82, 2.24) is 20.4 Å². The summed E-state index contributed by atoms with van der Waals surface area (Å²) in [6, 6.07) is 0. The molecule has 6 nitrogen and oxygen atoms in total. The standard InChI is InChI=1S/C15H26N4O2/c1-13-9-18-19(10-13)8-3-14(20)17-11-15(12-21-2)4-6-16-7-5-15/h9-10,16H,3-8,11-12H2,1-2H3,(H,17,20). The summed E-state index contributed by atoms with van der Waals surface area (Å²) < 4.78 is 7.17. The Labute approximate surface area is 126 Å². The largest absolute Gasteiger partial charge is 0.384 e. The van der Waals surface area contributed by atoms with E-state index in [0.717, 1.165) is 31.5 Å². The van der Waals surface area contributed by atoms with Crippen LogP contribution in [0.15, 0.2) is 12.4 Å². The number of carbonyl (C=O) groups excluding carboxylic acids is 1. The third-order valence-corrected chi connectivity index (χ3v) is 4.11. The van der Waals surface area contributed by atoms with Crippen molar-refractivity contribution in [3.05, 3.63) is 18.0 Å². The minimum Gasteiger partial charge on any atom is -0.384 e. The van der Waals surface area contributed by atoms with Gasteiger partial charge in [0, 0.05) is 38.2 Å². The smallest absolute Gasteiger partial charge is 0.221 e. The average Bonchev–Trinajstić information content (AvgIpc) is 2.90. The monoisotopic (exact) mass is 294 g/mol. The summed E-state index contributed by atoms with van der Waals surface area (Å²) in [6.45, 7) is 6.00. The summed E-state index contributed by atoms with van der Waals surface area (Å²) in [5.74, 6) is 0.0807. The van der Waals surface area contributed by atoms with Crippen LogP contribution in [0.1, 0.15) is 24.8 Å². The van der Waals surface area contributed by atoms with Crippen LogP contribution in [-0.4, -0.2) is 49.0 Å². The summed E-state index contributed by atoms with van der Waals surface area (Å²) in [5, 5.41) is 10.6. The number of hydrogen-bond donors (Lipinski definition) is 2. The molecule has 1 aromatic heterocycles. The molecule has 2 heterocycles. The van der Waals surface area contributed by atoms with E-state index in [9.17, 15) is 4.79 Å². The van der Waals surface area contributed by atoms with Gasteiger partial charge in [0.15, 0.2) is 0 Å². The van der Waals surface area contributed by atoms with Crippen molar-refractivity contribution in [2.75, 3.05) is 33.4 Å². The van der Waals surface area contributed by atoms with E-state index in [1.807, 2.05) is 17.8 Å². The molecule has 6 heteroatoms. The van der Waals surface area contributed by atoms with Crippen LogP contribution in [-0.2, 0) is 16.1 Å². The van der Waals surface area contributed by atoms with Crippen molar-refractivity contribution >= 4 is 5.91 Å². The number of nitrogens with zero attached hydrogens (tertiary/aromatic N) is 2. The molecular weight excluding hydrogens is 268 g/mol. The fourth-order valence-corrected chi connectivity index (χ4v) is 2.82. The van der Waals surface area contributed by atoms with Gasteiger partial charge in [0.2, 0.25) is 5.91 Å². The molecule has 21 heavy (non-hydrogen) atoms. The Morgan fingerprint density at radius 2 is 2.29 bits per heavy atom. The van der Waals surface area contributed by atoms with Gasteiger partial charge in [0.05, 0.1) is 12.8 Å². The number of amides is 1. The highest BCUT2D eigenvalue weighted by atomic mass is 16.5. The first-order chi connectivity index (χ1) is 10.1. The number of rotatable bonds is 7. The van der Waals surface area contributed by atoms with Gasteiger partial charge >= 0.3 is 0 Å². The Balaban J connectivity index is 1.76. The van der Waals surface area contributed by atoms with Gasteiger partial charge in [0.25, 0.3) is 0 Å². The Morgan fingerprint density at radius 1 is 1.52 bits per heavy atom. The Kier molecular flexibility index (Phi) is 5.76. The van der Waals surface area contributed by atoms with Crippen LogP contribution in [0.3, 0.4) is 0 Å². The first-order valence-electron chi connectivity index (χ1n) is 7.59. The lowest BCUT2D eigenvalue weighted by Crippen LogP contribution is -2.47. The molecule has 118 valence electrons. The van der Waals surface area contributed by atoms with E-state index < -0.39 is 0 Å². The molecule has 1 fully saturated rings. The molecule has 1 saturated heterocycles. The quantitative estimate of drug-likeness (QED) is 0.777. The zero-order valence-electron chi connectivity index (χ0n) is 13.0. The van der Waals surface area contributed by atoms with Gasteiger partial charge < -0.3 is 15.4 Å². The van der Waals surface area contributed by atoms with E-state index >= 15 is 0 Å². The number of aryl methyl sites for hydroxylation is 2. The summed E-state index contributed by atoms with van der Waals surface area (Å²) in [5.41, 5.74) is 1.20. The summed E-state index contributed by atoms with van der Waals surface area (Å²) in [7, 11) is 1.73. The second-order valence-corrected chi connectivity index (χ2v) is 5.99. The molecule has 1 amide bonds. The summed E-state index contributed by atoms with van der Waals surface area (Å²) in [6.07, 6.45) is 6.30. The van der Waals surface area contributed by atoms with Crippen LogP contribution in [0.4, 0.5) is 0 Å². The molecule has 0 bridgehead atoms. The predicted octanol–water partition coefficient (Wildman–Crippen LogP) is 0.714. The topological polar surface area (TPSA) is 68.2 Å². The highest BCUT2D eigenvalue weighted by Crippen LogP contribution is 2.28. The molecule has 0 unspecified atom stereocenters. The maximum Gasteiger partial charge on any atom is 0.221 e. The molecule has 1 aliphatic rings. The maximum atomic E-state index is 12.0. The van der Waals surface area contributed by atoms with Crippen LogP contribution in [0, 0.1) is 12.3 Å². The number of nitrogens with one attached hydrogen (secondary N) is 2. The van der Waals surface area contributed by atoms with E-state index in [1.54, 1.807) is 13.3 Å². The highest BCUT2D eigenvalue weighted by molar-refractivity contribution is 5.75. The van der Waals surface area contributed by atoms with E-state index in [0.29, 0.717) is 26.1 Å². The molecule has 2 rings (SSSR count). The third kappa shape index (κ3) is 4.82. The number of aromatic nitrogens is 2. The minimum absolute atomic E-state index is 0.0807. The molecule has 1 aromatic rings. The van der Waals surface area contributed by atoms with Crippen molar-refractivity contribution in [3.8, 4) is 0 Å². The number of ether oxygens (including phenoxy) is 1. The van der Waals surface area contributed by atoms with E-state index in [4.69, 9.17) is 4.74 Å². The first kappa shape index (κ1) is 16.0. The zero-order valence-corrected chi connectivity index (χ0v) is 13.0. The number of carbonyl (C=O) groups is 1. The minimum atomic E-state index is 0.0807. The van der Waals surface area contributed by atoms with Gasteiger partial charge in [-0.2, -0.15) is 5.10 Å². The molecule has 0 aromatic carbocycles. The van der Waals surface area contributed by atoms with Crippen LogP contribution in [0.25, 0.3) is 0 Å². The fourth-order valence-electron chi connectivity index (χ4n) is 2.82. The Hall–Kier alpha value is -1.40. The molecule has 2 N–H and O–H groups in total. The van der Waals surface area contributed by atoms with Crippen molar-refractivity contribution in [1.29, 1.82) is 0 Å². The van der Waals surface area contributed by atoms with Crippen LogP contribution in [0.5, 0.6) is 0 Å². The predicted molar refractivity (Wildman–Crippen MR) is 81.0 cm³/mol. The molecule has 0 radical (unpaired) electrons. The number of piperidine rings is 1. The van der Waals surface area contributed by atoms with Gasteiger partial charge in [-0.05, 0) is 38.4 Å². The molecular formula is C15H26N4O2. The summed E-state index contributed by atoms with van der Waals surface area (Å²) in [4.78, 5) is 12.0. The molecule has 0 aliphatic carbocycles. The average molecular weight is 294 g/mol. The van der Waals surface area contributed by atoms with Gasteiger partial charge in [-0.25, -0.2) is 0 Å². The van der Waals surface area contributed by atoms with Crippen molar-refractivity contribution in [2.45, 2.75) is 32.7 Å². The second-order valence-electron chi connectivity index (χ2n) is 5.99. The van der Waals surface area contributed by atoms with Gasteiger partial charge in [-0.1, -0.05) is 0 Å². The fraction of sp³-hybridized carbons (Fsp3) is 0.733. The maximum absolute atomic E-state index is 12.0. The highest BCUT2D eigenvalue weighted by Gasteiger charge is 2.32. The first-order valence-corrected chi connectivity index (χ1v) is 7.59. The van der Waals surface area contributed by atoms with Gasteiger partial charge in [-0.15, -0.1) is 0 Å². The van der Waals surface area contributed by atoms with Crippen molar-refractivity contribution in [2.24, 2.45) is 5.41 Å². The number of methoxy groups -OCH3 is 1. The molecule has 0 spiro atoms. The molecule has 0 atom stereocenters. The third-order valence-electron chi connectivity index (χ3n) is 4.11. The zero-order chi connectivity index (χ0) is 15.1. The van der Waals surface area contributed by atoms with Crippen LogP contribution >= 0.6 is 0 Å².